The Balaban J connectivity index is 2.35. The molecule has 1 aromatic heterocycles. The lowest BCUT2D eigenvalue weighted by Crippen LogP contribution is -2.19. The predicted molar refractivity (Wildman–Crippen MR) is 103 cm³/mol. The molecule has 0 aliphatic carbocycles. The molecule has 0 spiro atoms. The molecule has 3 aromatic rings. The Kier molecular flexibility index (Phi) is 4.89. The van der Waals surface area contributed by atoms with Crippen LogP contribution in [0, 0.1) is 0 Å². The average Bonchev–Trinajstić information content (AvgIpc) is 2.60. The molecule has 0 fully saturated rings. The van der Waals surface area contributed by atoms with Crippen molar-refractivity contribution >= 4 is 16.8 Å². The van der Waals surface area contributed by atoms with Gasteiger partial charge in [-0.15, -0.1) is 0 Å². The molecule has 5 heteroatoms. The number of hydrogen-bond acceptors (Lipinski definition) is 5. The monoisotopic (exact) mass is 366 g/mol. The minimum atomic E-state index is -1.25. The summed E-state index contributed by atoms with van der Waals surface area (Å²) in [6, 6.07) is 14.0. The Hall–Kier alpha value is -2.92. The second-order valence-corrected chi connectivity index (χ2v) is 7.26. The topological polar surface area (TPSA) is 87.7 Å². The molecule has 1 unspecified atom stereocenters. The molecule has 2 aromatic carbocycles. The molecule has 140 valence electrons. The maximum atomic E-state index is 12.7. The third kappa shape index (κ3) is 3.64. The van der Waals surface area contributed by atoms with Crippen LogP contribution in [-0.4, -0.2) is 16.0 Å². The van der Waals surface area contributed by atoms with Gasteiger partial charge in [0.25, 0.3) is 0 Å². The third-order valence-electron chi connectivity index (χ3n) is 4.64. The van der Waals surface area contributed by atoms with Crippen LogP contribution in [-0.2, 0) is 10.4 Å². The molecule has 5 nitrogen and oxygen atoms in total. The second-order valence-electron chi connectivity index (χ2n) is 7.26. The number of hydrogen-bond donors (Lipinski definition) is 2. The molecule has 2 N–H and O–H groups in total. The van der Waals surface area contributed by atoms with Crippen molar-refractivity contribution in [2.75, 3.05) is 0 Å². The van der Waals surface area contributed by atoms with Crippen molar-refractivity contribution in [3.8, 4) is 5.75 Å². The van der Waals surface area contributed by atoms with E-state index in [1.807, 2.05) is 18.2 Å². The fraction of sp³-hybridized carbons (Fsp3) is 0.273. The Morgan fingerprint density at radius 1 is 1.11 bits per heavy atom. The van der Waals surface area contributed by atoms with Crippen molar-refractivity contribution < 1.29 is 19.4 Å². The summed E-state index contributed by atoms with van der Waals surface area (Å²) in [6.07, 6.45) is 0.0541. The van der Waals surface area contributed by atoms with Crippen molar-refractivity contribution in [2.45, 2.75) is 38.7 Å². The van der Waals surface area contributed by atoms with E-state index in [0.29, 0.717) is 5.56 Å². The van der Waals surface area contributed by atoms with E-state index in [9.17, 15) is 19.8 Å². The molecule has 0 saturated heterocycles. The quantitative estimate of drug-likeness (QED) is 0.670. The Morgan fingerprint density at radius 2 is 1.78 bits per heavy atom. The fourth-order valence-electron chi connectivity index (χ4n) is 3.42. The number of aromatic hydroxyl groups is 1. The normalized spacial score (nSPS) is 12.9. The zero-order valence-electron chi connectivity index (χ0n) is 15.5. The van der Waals surface area contributed by atoms with Crippen molar-refractivity contribution in [3.05, 3.63) is 75.6 Å². The largest absolute Gasteiger partial charge is 0.507 e. The predicted octanol–water partition coefficient (Wildman–Crippen LogP) is 3.84. The van der Waals surface area contributed by atoms with Gasteiger partial charge in [0.05, 0.1) is 16.6 Å². The molecular weight excluding hydrogens is 344 g/mol. The molecule has 0 saturated carbocycles. The first-order valence-corrected chi connectivity index (χ1v) is 8.76. The van der Waals surface area contributed by atoms with Gasteiger partial charge in [-0.3, -0.25) is 4.79 Å². The van der Waals surface area contributed by atoms with E-state index < -0.39 is 17.1 Å². The van der Waals surface area contributed by atoms with Gasteiger partial charge in [0.15, 0.2) is 0 Å². The number of ketones is 1. The molecule has 3 rings (SSSR count). The van der Waals surface area contributed by atoms with Crippen LogP contribution in [0.25, 0.3) is 11.0 Å². The summed E-state index contributed by atoms with van der Waals surface area (Å²) in [7, 11) is 0. The highest BCUT2D eigenvalue weighted by molar-refractivity contribution is 5.89. The first-order chi connectivity index (χ1) is 12.7. The van der Waals surface area contributed by atoms with Crippen LogP contribution in [0.5, 0.6) is 5.75 Å². The van der Waals surface area contributed by atoms with E-state index in [0.717, 1.165) is 5.56 Å². The minimum absolute atomic E-state index is 0.0283. The number of aliphatic hydroxyl groups is 1. The highest BCUT2D eigenvalue weighted by Gasteiger charge is 2.29. The molecule has 1 heterocycles. The van der Waals surface area contributed by atoms with Gasteiger partial charge in [-0.2, -0.15) is 0 Å². The van der Waals surface area contributed by atoms with E-state index in [1.165, 1.54) is 6.92 Å². The Bertz CT molecular complexity index is 1040. The maximum Gasteiger partial charge on any atom is 0.343 e. The third-order valence-corrected chi connectivity index (χ3v) is 4.64. The summed E-state index contributed by atoms with van der Waals surface area (Å²) in [6.45, 7) is 4.63. The van der Waals surface area contributed by atoms with Gasteiger partial charge in [-0.1, -0.05) is 42.5 Å². The number of carbonyl (C=O) groups excluding carboxylic acids is 1. The summed E-state index contributed by atoms with van der Waals surface area (Å²) in [5, 5.41) is 21.8. The van der Waals surface area contributed by atoms with Crippen molar-refractivity contribution in [1.29, 1.82) is 0 Å². The van der Waals surface area contributed by atoms with E-state index in [4.69, 9.17) is 4.42 Å². The lowest BCUT2D eigenvalue weighted by atomic mass is 9.85. The molecule has 0 aliphatic heterocycles. The van der Waals surface area contributed by atoms with Crippen LogP contribution in [0.3, 0.4) is 0 Å². The molecule has 1 atom stereocenters. The van der Waals surface area contributed by atoms with Crippen LogP contribution in [0.2, 0.25) is 0 Å². The summed E-state index contributed by atoms with van der Waals surface area (Å²) in [5.41, 5.74) is -0.552. The van der Waals surface area contributed by atoms with Crippen LogP contribution < -0.4 is 5.63 Å². The van der Waals surface area contributed by atoms with Gasteiger partial charge in [0, 0.05) is 12.3 Å². The standard InChI is InChI=1S/C22H22O5/c1-13(23)12-15(14-8-5-4-6-9-14)18-20(24)19-16(22(2,3)26)10-7-11-17(19)27-21(18)25/h4-11,15,24,26H,12H2,1-3H3. The van der Waals surface area contributed by atoms with Gasteiger partial charge in [-0.25, -0.2) is 4.79 Å². The minimum Gasteiger partial charge on any atom is -0.507 e. The summed E-state index contributed by atoms with van der Waals surface area (Å²) in [5.74, 6) is -1.01. The molecule has 0 bridgehead atoms. The van der Waals surface area contributed by atoms with E-state index in [1.54, 1.807) is 44.2 Å². The summed E-state index contributed by atoms with van der Waals surface area (Å²) in [4.78, 5) is 24.6. The number of benzene rings is 2. The zero-order valence-corrected chi connectivity index (χ0v) is 15.5. The van der Waals surface area contributed by atoms with E-state index in [2.05, 4.69) is 0 Å². The number of rotatable bonds is 5. The van der Waals surface area contributed by atoms with Gasteiger partial charge < -0.3 is 14.6 Å². The Morgan fingerprint density at radius 3 is 2.37 bits per heavy atom. The van der Waals surface area contributed by atoms with Gasteiger partial charge in [0.1, 0.15) is 17.1 Å². The highest BCUT2D eigenvalue weighted by Crippen LogP contribution is 2.40. The van der Waals surface area contributed by atoms with Crippen LogP contribution >= 0.6 is 0 Å². The first-order valence-electron chi connectivity index (χ1n) is 8.76. The number of carbonyl (C=O) groups is 1. The lowest BCUT2D eigenvalue weighted by Gasteiger charge is -2.22. The van der Waals surface area contributed by atoms with Gasteiger partial charge >= 0.3 is 5.63 Å². The SMILES string of the molecule is CC(=O)CC(c1ccccc1)c1c(O)c2c(C(C)(C)O)cccc2oc1=O. The number of fused-ring (bicyclic) bond motifs is 1. The van der Waals surface area contributed by atoms with Crippen molar-refractivity contribution in [2.24, 2.45) is 0 Å². The highest BCUT2D eigenvalue weighted by atomic mass is 16.4. The van der Waals surface area contributed by atoms with E-state index in [-0.39, 0.29) is 34.5 Å². The van der Waals surface area contributed by atoms with Crippen LogP contribution in [0.15, 0.2) is 57.7 Å². The maximum absolute atomic E-state index is 12.7. The van der Waals surface area contributed by atoms with Crippen LogP contribution in [0.1, 0.15) is 49.8 Å². The molecule has 27 heavy (non-hydrogen) atoms. The zero-order chi connectivity index (χ0) is 19.8. The molecule has 0 aliphatic rings. The van der Waals surface area contributed by atoms with Crippen molar-refractivity contribution in [1.82, 2.24) is 0 Å². The Labute approximate surface area is 156 Å². The van der Waals surface area contributed by atoms with Gasteiger partial charge in [0.2, 0.25) is 0 Å². The first kappa shape index (κ1) is 18.9. The summed E-state index contributed by atoms with van der Waals surface area (Å²) >= 11 is 0. The summed E-state index contributed by atoms with van der Waals surface area (Å²) < 4.78 is 5.46. The average molecular weight is 366 g/mol. The molecular formula is C22H22O5. The van der Waals surface area contributed by atoms with Crippen molar-refractivity contribution in [3.63, 3.8) is 0 Å². The fourth-order valence-corrected chi connectivity index (χ4v) is 3.42. The van der Waals surface area contributed by atoms with E-state index >= 15 is 0 Å². The van der Waals surface area contributed by atoms with Crippen LogP contribution in [0.4, 0.5) is 0 Å². The number of Topliss-reactive ketones (excluding diaryl/α,β-unsaturated/α-hetero) is 1. The molecule has 0 amide bonds. The second kappa shape index (κ2) is 7.00. The van der Waals surface area contributed by atoms with Gasteiger partial charge in [-0.05, 0) is 38.0 Å². The lowest BCUT2D eigenvalue weighted by molar-refractivity contribution is -0.117. The smallest absolute Gasteiger partial charge is 0.343 e. The molecule has 0 radical (unpaired) electrons.